The molecule has 33 heteroatoms. The summed E-state index contributed by atoms with van der Waals surface area (Å²) >= 11 is 0. The van der Waals surface area contributed by atoms with Gasteiger partial charge in [0.05, 0.1) is 6.61 Å². The molecule has 0 heterocycles. The molecule has 54 heavy (non-hydrogen) atoms. The Balaban J connectivity index is 6.43. The maximum absolute atomic E-state index is 14.0. The first-order valence-electron chi connectivity index (χ1n) is 12.9. The minimum absolute atomic E-state index is 1.90. The fraction of sp³-hybridized carbons (Fsp3) is 1.00. The summed E-state index contributed by atoms with van der Waals surface area (Å²) in [6.07, 6.45) is -30.2. The minimum Gasteiger partial charge on any atom is -0.263 e. The summed E-state index contributed by atoms with van der Waals surface area (Å²) in [6.45, 7) is -2.30. The summed E-state index contributed by atoms with van der Waals surface area (Å²) in [5, 5.41) is 0. The van der Waals surface area contributed by atoms with Crippen molar-refractivity contribution in [3.8, 4) is 0 Å². The molecule has 0 bridgehead atoms. The van der Waals surface area contributed by atoms with Crippen LogP contribution >= 0.6 is 0 Å². The van der Waals surface area contributed by atoms with Crippen molar-refractivity contribution in [2.45, 2.75) is 116 Å². The van der Waals surface area contributed by atoms with E-state index in [1.165, 1.54) is 0 Å². The van der Waals surface area contributed by atoms with Crippen LogP contribution in [0.15, 0.2) is 0 Å². The lowest BCUT2D eigenvalue weighted by molar-refractivity contribution is -0.440. The molecule has 0 rings (SSSR count). The molecule has 0 spiro atoms. The molecule has 0 radical (unpaired) electrons. The molecule has 0 amide bonds. The summed E-state index contributed by atoms with van der Waals surface area (Å²) in [5.41, 5.74) is -6.47. The Morgan fingerprint density at radius 1 is 0.370 bits per heavy atom. The first-order chi connectivity index (χ1) is 23.0. The summed E-state index contributed by atoms with van der Waals surface area (Å²) in [5.74, 6) is -82.2. The average molecular weight is 898 g/mol. The molecule has 0 saturated carbocycles. The quantitative estimate of drug-likeness (QED) is 0.0737. The van der Waals surface area contributed by atoms with Gasteiger partial charge in [-0.1, -0.05) is 0 Å². The van der Waals surface area contributed by atoms with Gasteiger partial charge in [-0.15, -0.1) is 0 Å². The Kier molecular flexibility index (Phi) is 14.1. The molecule has 0 aromatic rings. The Hall–Kier alpha value is -2.12. The molecule has 0 aliphatic rings. The van der Waals surface area contributed by atoms with Crippen LogP contribution in [0.3, 0.4) is 0 Å². The molecule has 0 saturated heterocycles. The third-order valence-electron chi connectivity index (χ3n) is 6.95. The SMILES string of the molecule is O=S(=O)(OCC(CCCC(F)(F)C(F)(F)C(F)(F)C(F)(F)C(F)(F)C(F)(F)F)CCCC(F)(F)C(F)(F)C(F)(F)C(F)(F)C(F)(F)C(F)(F)F)C(F)(F)F. The van der Waals surface area contributed by atoms with Crippen LogP contribution in [0, 0.1) is 5.92 Å². The number of hydrogen-bond acceptors (Lipinski definition) is 3. The van der Waals surface area contributed by atoms with Crippen LogP contribution in [0.4, 0.5) is 127 Å². The van der Waals surface area contributed by atoms with Gasteiger partial charge in [-0.25, -0.2) is 0 Å². The van der Waals surface area contributed by atoms with Gasteiger partial charge in [-0.05, 0) is 31.6 Å². The van der Waals surface area contributed by atoms with Gasteiger partial charge in [0.15, 0.2) is 0 Å². The van der Waals surface area contributed by atoms with Crippen LogP contribution in [0.25, 0.3) is 0 Å². The van der Waals surface area contributed by atoms with Gasteiger partial charge >= 0.3 is 87.2 Å². The van der Waals surface area contributed by atoms with E-state index in [9.17, 15) is 136 Å². The number of halogens is 29. The van der Waals surface area contributed by atoms with Crippen molar-refractivity contribution in [1.29, 1.82) is 0 Å². The molecule has 0 atom stereocenters. The van der Waals surface area contributed by atoms with Gasteiger partial charge in [-0.3, -0.25) is 4.18 Å². The van der Waals surface area contributed by atoms with Crippen molar-refractivity contribution in [3.05, 3.63) is 0 Å². The van der Waals surface area contributed by atoms with E-state index in [4.69, 9.17) is 0 Å². The lowest BCUT2D eigenvalue weighted by atomic mass is 9.88. The van der Waals surface area contributed by atoms with E-state index in [1.54, 1.807) is 0 Å². The number of alkyl halides is 29. The lowest BCUT2D eigenvalue weighted by Crippen LogP contribution is -2.70. The molecular weight excluding hydrogens is 883 g/mol. The third kappa shape index (κ3) is 8.72. The van der Waals surface area contributed by atoms with E-state index in [0.717, 1.165) is 0 Å². The summed E-state index contributed by atoms with van der Waals surface area (Å²) in [4.78, 5) is 0. The van der Waals surface area contributed by atoms with Crippen LogP contribution in [0.5, 0.6) is 0 Å². The molecule has 0 fully saturated rings. The third-order valence-corrected chi connectivity index (χ3v) is 7.96. The summed E-state index contributed by atoms with van der Waals surface area (Å²) in [6, 6.07) is 0. The van der Waals surface area contributed by atoms with Crippen molar-refractivity contribution < 1.29 is 140 Å². The van der Waals surface area contributed by atoms with Crippen LogP contribution in [-0.4, -0.2) is 92.1 Å². The molecule has 0 unspecified atom stereocenters. The number of hydrogen-bond donors (Lipinski definition) is 0. The second-order valence-corrected chi connectivity index (χ2v) is 12.4. The zero-order chi connectivity index (χ0) is 44.2. The van der Waals surface area contributed by atoms with Gasteiger partial charge in [0, 0.05) is 12.8 Å². The summed E-state index contributed by atoms with van der Waals surface area (Å²) < 4.78 is 407. The van der Waals surface area contributed by atoms with E-state index in [1.807, 2.05) is 0 Å². The van der Waals surface area contributed by atoms with E-state index in [2.05, 4.69) is 4.18 Å². The highest BCUT2D eigenvalue weighted by Crippen LogP contribution is 2.62. The molecule has 0 aromatic carbocycles. The van der Waals surface area contributed by atoms with Crippen molar-refractivity contribution in [1.82, 2.24) is 0 Å². The molecule has 3 nitrogen and oxygen atoms in total. The van der Waals surface area contributed by atoms with Gasteiger partial charge in [0.25, 0.3) is 0 Å². The fourth-order valence-corrected chi connectivity index (χ4v) is 4.21. The van der Waals surface area contributed by atoms with E-state index < -0.39 is 138 Å². The standard InChI is InChI=1S/C21H15F29O3S/c22-9(23,11(26,27)13(30,31)15(34,35)17(38,39)19(42,43)44)5-1-3-8(7-53-54(51,52)21(48,49)50)4-2-6-10(24,25)12(28,29)14(32,33)16(36,37)18(40,41)20(45,46)47/h8H,1-7H2. The minimum atomic E-state index is -8.40. The van der Waals surface area contributed by atoms with Crippen molar-refractivity contribution in [2.24, 2.45) is 5.92 Å². The van der Waals surface area contributed by atoms with Crippen LogP contribution in [-0.2, 0) is 14.3 Å². The monoisotopic (exact) mass is 898 g/mol. The smallest absolute Gasteiger partial charge is 0.263 e. The Labute approximate surface area is 279 Å². The predicted octanol–water partition coefficient (Wildman–Crippen LogP) is 11.3. The van der Waals surface area contributed by atoms with Gasteiger partial charge in [0.1, 0.15) is 0 Å². The molecular formula is C21H15F29O3S. The lowest BCUT2D eigenvalue weighted by Gasteiger charge is -2.40. The second-order valence-electron chi connectivity index (χ2n) is 10.8. The molecule has 0 aliphatic heterocycles. The first-order valence-corrected chi connectivity index (χ1v) is 14.3. The first kappa shape index (κ1) is 51.9. The second kappa shape index (κ2) is 14.7. The van der Waals surface area contributed by atoms with Crippen molar-refractivity contribution in [3.63, 3.8) is 0 Å². The predicted molar refractivity (Wildman–Crippen MR) is 114 cm³/mol. The highest BCUT2D eigenvalue weighted by molar-refractivity contribution is 7.87. The van der Waals surface area contributed by atoms with Crippen LogP contribution in [0.2, 0.25) is 0 Å². The Morgan fingerprint density at radius 2 is 0.611 bits per heavy atom. The molecule has 326 valence electrons. The van der Waals surface area contributed by atoms with Crippen molar-refractivity contribution >= 4 is 10.1 Å². The topological polar surface area (TPSA) is 43.4 Å². The van der Waals surface area contributed by atoms with Gasteiger partial charge in [0.2, 0.25) is 0 Å². The number of rotatable bonds is 19. The normalized spacial score (nSPS) is 16.4. The maximum atomic E-state index is 14.0. The summed E-state index contributed by atoms with van der Waals surface area (Å²) in [7, 11) is -6.90. The fourth-order valence-electron chi connectivity index (χ4n) is 3.71. The average Bonchev–Trinajstić information content (AvgIpc) is 2.92. The van der Waals surface area contributed by atoms with Gasteiger partial charge < -0.3 is 0 Å². The molecule has 0 aromatic heterocycles. The Bertz CT molecular complexity index is 1290. The molecule has 0 aliphatic carbocycles. The zero-order valence-electron chi connectivity index (χ0n) is 24.6. The van der Waals surface area contributed by atoms with Gasteiger partial charge in [-0.2, -0.15) is 136 Å². The van der Waals surface area contributed by atoms with E-state index in [0.29, 0.717) is 0 Å². The maximum Gasteiger partial charge on any atom is 0.523 e. The van der Waals surface area contributed by atoms with Crippen LogP contribution < -0.4 is 0 Å². The van der Waals surface area contributed by atoms with E-state index >= 15 is 0 Å². The Morgan fingerprint density at radius 3 is 0.833 bits per heavy atom. The zero-order valence-corrected chi connectivity index (χ0v) is 25.4. The highest BCUT2D eigenvalue weighted by atomic mass is 32.2. The van der Waals surface area contributed by atoms with Crippen LogP contribution in [0.1, 0.15) is 38.5 Å². The van der Waals surface area contributed by atoms with E-state index in [-0.39, 0.29) is 0 Å². The highest BCUT2D eigenvalue weighted by Gasteiger charge is 2.92. The molecule has 0 N–H and O–H groups in total. The largest absolute Gasteiger partial charge is 0.523 e. The van der Waals surface area contributed by atoms with Crippen molar-refractivity contribution in [2.75, 3.05) is 6.61 Å².